The molecule has 1 aromatic heterocycles. The molecule has 0 unspecified atom stereocenters. The van der Waals surface area contributed by atoms with Crippen LogP contribution in [0.25, 0.3) is 0 Å². The summed E-state index contributed by atoms with van der Waals surface area (Å²) in [4.78, 5) is 18.6. The van der Waals surface area contributed by atoms with Gasteiger partial charge in [0.15, 0.2) is 5.15 Å². The van der Waals surface area contributed by atoms with Crippen molar-refractivity contribution in [2.75, 3.05) is 19.0 Å². The molecule has 7 heteroatoms. The topological polar surface area (TPSA) is 63.7 Å². The van der Waals surface area contributed by atoms with Crippen molar-refractivity contribution in [2.45, 2.75) is 32.9 Å². The van der Waals surface area contributed by atoms with E-state index in [1.807, 2.05) is 39.0 Å². The van der Waals surface area contributed by atoms with Gasteiger partial charge in [0, 0.05) is 17.8 Å². The molecule has 0 spiro atoms. The van der Waals surface area contributed by atoms with Gasteiger partial charge in [0.05, 0.1) is 25.9 Å². The van der Waals surface area contributed by atoms with Gasteiger partial charge < -0.3 is 19.7 Å². The molecule has 0 fully saturated rings. The van der Waals surface area contributed by atoms with Gasteiger partial charge in [-0.2, -0.15) is 0 Å². The minimum atomic E-state index is -0.552. The summed E-state index contributed by atoms with van der Waals surface area (Å²) in [5.41, 5.74) is 1.78. The van der Waals surface area contributed by atoms with Crippen LogP contribution in [0.2, 0.25) is 5.15 Å². The number of rotatable bonds is 2. The molecular formula is C19H22ClN3O3. The zero-order valence-electron chi connectivity index (χ0n) is 15.3. The molecule has 2 amide bonds. The SMILES string of the molecule is COc1ccc2c(c1)OC(C)(C)CN(C(=O)Nc1cc(C)cnc1Cl)C2. The first-order valence-electron chi connectivity index (χ1n) is 8.31. The Balaban J connectivity index is 1.86. The molecule has 2 heterocycles. The fourth-order valence-electron chi connectivity index (χ4n) is 2.92. The van der Waals surface area contributed by atoms with Crippen molar-refractivity contribution in [2.24, 2.45) is 0 Å². The molecule has 138 valence electrons. The molecule has 1 aliphatic heterocycles. The Morgan fingerprint density at radius 3 is 2.88 bits per heavy atom. The Morgan fingerprint density at radius 1 is 1.38 bits per heavy atom. The number of carbonyl (C=O) groups is 1. The normalized spacial score (nSPS) is 15.5. The number of halogens is 1. The van der Waals surface area contributed by atoms with Crippen LogP contribution in [0.15, 0.2) is 30.5 Å². The molecule has 0 atom stereocenters. The van der Waals surface area contributed by atoms with Crippen molar-refractivity contribution in [3.63, 3.8) is 0 Å². The number of nitrogens with one attached hydrogen (secondary N) is 1. The number of nitrogens with zero attached hydrogens (tertiary/aromatic N) is 2. The van der Waals surface area contributed by atoms with Gasteiger partial charge in [0.1, 0.15) is 17.1 Å². The second kappa shape index (κ2) is 7.03. The molecule has 0 radical (unpaired) electrons. The number of aryl methyl sites for hydroxylation is 1. The quantitative estimate of drug-likeness (QED) is 0.797. The van der Waals surface area contributed by atoms with E-state index in [-0.39, 0.29) is 11.2 Å². The molecule has 3 rings (SSSR count). The van der Waals surface area contributed by atoms with Crippen molar-refractivity contribution < 1.29 is 14.3 Å². The minimum Gasteiger partial charge on any atom is -0.497 e. The predicted molar refractivity (Wildman–Crippen MR) is 101 cm³/mol. The average molecular weight is 376 g/mol. The molecule has 1 aliphatic rings. The summed E-state index contributed by atoms with van der Waals surface area (Å²) in [7, 11) is 1.61. The summed E-state index contributed by atoms with van der Waals surface area (Å²) in [6.07, 6.45) is 1.66. The Kier molecular flexibility index (Phi) is 4.96. The second-order valence-electron chi connectivity index (χ2n) is 6.97. The van der Waals surface area contributed by atoms with Crippen LogP contribution < -0.4 is 14.8 Å². The van der Waals surface area contributed by atoms with E-state index in [0.717, 1.165) is 22.6 Å². The predicted octanol–water partition coefficient (Wildman–Crippen LogP) is 4.26. The van der Waals surface area contributed by atoms with Gasteiger partial charge in [-0.25, -0.2) is 9.78 Å². The lowest BCUT2D eigenvalue weighted by Gasteiger charge is -2.29. The van der Waals surface area contributed by atoms with Crippen LogP contribution in [0.4, 0.5) is 10.5 Å². The van der Waals surface area contributed by atoms with E-state index in [4.69, 9.17) is 21.1 Å². The van der Waals surface area contributed by atoms with Gasteiger partial charge in [0.25, 0.3) is 0 Å². The molecule has 1 N–H and O–H groups in total. The molecule has 2 aromatic rings. The monoisotopic (exact) mass is 375 g/mol. The number of hydrogen-bond donors (Lipinski definition) is 1. The summed E-state index contributed by atoms with van der Waals surface area (Å²) < 4.78 is 11.4. The van der Waals surface area contributed by atoms with Gasteiger partial charge in [0.2, 0.25) is 0 Å². The van der Waals surface area contributed by atoms with E-state index in [0.29, 0.717) is 18.8 Å². The molecule has 0 saturated carbocycles. The van der Waals surface area contributed by atoms with Crippen LogP contribution in [0, 0.1) is 6.92 Å². The number of fused-ring (bicyclic) bond motifs is 1. The van der Waals surface area contributed by atoms with E-state index in [9.17, 15) is 4.79 Å². The summed E-state index contributed by atoms with van der Waals surface area (Å²) in [5.74, 6) is 1.44. The lowest BCUT2D eigenvalue weighted by Crippen LogP contribution is -2.44. The number of pyridine rings is 1. The van der Waals surface area contributed by atoms with Gasteiger partial charge in [-0.3, -0.25) is 0 Å². The largest absolute Gasteiger partial charge is 0.497 e. The van der Waals surface area contributed by atoms with Crippen molar-refractivity contribution in [1.29, 1.82) is 0 Å². The van der Waals surface area contributed by atoms with Crippen LogP contribution >= 0.6 is 11.6 Å². The van der Waals surface area contributed by atoms with E-state index < -0.39 is 5.60 Å². The smallest absolute Gasteiger partial charge is 0.322 e. The third-order valence-electron chi connectivity index (χ3n) is 4.10. The van der Waals surface area contributed by atoms with E-state index >= 15 is 0 Å². The Hall–Kier alpha value is -2.47. The average Bonchev–Trinajstić information content (AvgIpc) is 2.71. The zero-order chi connectivity index (χ0) is 18.9. The fraction of sp³-hybridized carbons (Fsp3) is 0.368. The van der Waals surface area contributed by atoms with Crippen LogP contribution in [0.1, 0.15) is 25.0 Å². The highest BCUT2D eigenvalue weighted by Gasteiger charge is 2.32. The van der Waals surface area contributed by atoms with Crippen molar-refractivity contribution in [3.05, 3.63) is 46.7 Å². The van der Waals surface area contributed by atoms with Crippen molar-refractivity contribution in [1.82, 2.24) is 9.88 Å². The molecule has 0 aliphatic carbocycles. The summed E-state index contributed by atoms with van der Waals surface area (Å²) in [6.45, 7) is 6.63. The lowest BCUT2D eigenvalue weighted by atomic mass is 10.1. The third-order valence-corrected chi connectivity index (χ3v) is 4.40. The molecule has 6 nitrogen and oxygen atoms in total. The Bertz CT molecular complexity index is 839. The van der Waals surface area contributed by atoms with E-state index in [1.165, 1.54) is 0 Å². The maximum Gasteiger partial charge on any atom is 0.322 e. The van der Waals surface area contributed by atoms with E-state index in [2.05, 4.69) is 10.3 Å². The van der Waals surface area contributed by atoms with Crippen LogP contribution in [-0.4, -0.2) is 35.2 Å². The standard InChI is InChI=1S/C19H22ClN3O3/c1-12-7-15(17(20)21-9-12)22-18(24)23-10-13-5-6-14(25-4)8-16(13)26-19(2,3)11-23/h5-9H,10-11H2,1-4H3,(H,22,24). The van der Waals surface area contributed by atoms with Crippen LogP contribution in [-0.2, 0) is 6.54 Å². The van der Waals surface area contributed by atoms with Gasteiger partial charge in [-0.1, -0.05) is 11.6 Å². The van der Waals surface area contributed by atoms with Crippen LogP contribution in [0.5, 0.6) is 11.5 Å². The molecule has 0 saturated heterocycles. The number of aromatic nitrogens is 1. The highest BCUT2D eigenvalue weighted by Crippen LogP contribution is 2.33. The summed E-state index contributed by atoms with van der Waals surface area (Å²) in [6, 6.07) is 7.17. The second-order valence-corrected chi connectivity index (χ2v) is 7.33. The minimum absolute atomic E-state index is 0.250. The number of ether oxygens (including phenoxy) is 2. The number of anilines is 1. The van der Waals surface area contributed by atoms with Crippen molar-refractivity contribution in [3.8, 4) is 11.5 Å². The van der Waals surface area contributed by atoms with E-state index in [1.54, 1.807) is 24.3 Å². The molecule has 0 bridgehead atoms. The zero-order valence-corrected chi connectivity index (χ0v) is 16.1. The number of amides is 2. The number of carbonyl (C=O) groups excluding carboxylic acids is 1. The van der Waals surface area contributed by atoms with Crippen LogP contribution in [0.3, 0.4) is 0 Å². The first-order chi connectivity index (χ1) is 12.3. The first kappa shape index (κ1) is 18.3. The van der Waals surface area contributed by atoms with Gasteiger partial charge in [-0.15, -0.1) is 0 Å². The number of methoxy groups -OCH3 is 1. The summed E-state index contributed by atoms with van der Waals surface area (Å²) in [5, 5.41) is 3.12. The van der Waals surface area contributed by atoms with Crippen molar-refractivity contribution >= 4 is 23.3 Å². The highest BCUT2D eigenvalue weighted by molar-refractivity contribution is 6.32. The highest BCUT2D eigenvalue weighted by atomic mass is 35.5. The molecule has 26 heavy (non-hydrogen) atoms. The molecular weight excluding hydrogens is 354 g/mol. The maximum absolute atomic E-state index is 12.9. The summed E-state index contributed by atoms with van der Waals surface area (Å²) >= 11 is 6.10. The van der Waals surface area contributed by atoms with Gasteiger partial charge >= 0.3 is 6.03 Å². The molecule has 1 aromatic carbocycles. The Morgan fingerprint density at radius 2 is 2.15 bits per heavy atom. The fourth-order valence-corrected chi connectivity index (χ4v) is 3.07. The number of urea groups is 1. The van der Waals surface area contributed by atoms with Gasteiger partial charge in [-0.05, 0) is 44.5 Å². The maximum atomic E-state index is 12.9. The number of benzene rings is 1. The first-order valence-corrected chi connectivity index (χ1v) is 8.69. The number of hydrogen-bond acceptors (Lipinski definition) is 4. The Labute approximate surface area is 158 Å². The third kappa shape index (κ3) is 4.02. The lowest BCUT2D eigenvalue weighted by molar-refractivity contribution is 0.0833.